The first-order valence-electron chi connectivity index (χ1n) is 9.36. The summed E-state index contributed by atoms with van der Waals surface area (Å²) in [6, 6.07) is 8.00. The maximum absolute atomic E-state index is 12.3. The predicted molar refractivity (Wildman–Crippen MR) is 114 cm³/mol. The van der Waals surface area contributed by atoms with Crippen LogP contribution in [0, 0.1) is 6.92 Å². The Hall–Kier alpha value is -2.08. The van der Waals surface area contributed by atoms with Crippen molar-refractivity contribution < 1.29 is 19.1 Å². The zero-order valence-corrected chi connectivity index (χ0v) is 18.7. The van der Waals surface area contributed by atoms with Gasteiger partial charge in [-0.3, -0.25) is 4.79 Å². The molecule has 28 heavy (non-hydrogen) atoms. The highest BCUT2D eigenvalue weighted by molar-refractivity contribution is 9.09. The standard InChI is InChI=1S/C22H28BrNO4/c1-15-8-6-7-9-18(15)19(20(16(2)23)27-14-25)17-10-12-24(13-11-17)21(26)28-22(3,4)5/h6-10,14,16H,11-13H2,1-5H3/b20-19-. The lowest BCUT2D eigenvalue weighted by molar-refractivity contribution is -0.125. The molecule has 152 valence electrons. The first-order valence-corrected chi connectivity index (χ1v) is 10.3. The number of hydrogen-bond acceptors (Lipinski definition) is 4. The molecule has 0 saturated carbocycles. The fraction of sp³-hybridized carbons (Fsp3) is 0.455. The molecule has 1 atom stereocenters. The molecule has 0 N–H and O–H groups in total. The number of amides is 1. The van der Waals surface area contributed by atoms with Gasteiger partial charge in [0.2, 0.25) is 0 Å². The first-order chi connectivity index (χ1) is 13.1. The normalized spacial score (nSPS) is 16.6. The average Bonchev–Trinajstić information content (AvgIpc) is 2.61. The summed E-state index contributed by atoms with van der Waals surface area (Å²) in [4.78, 5) is 25.0. The number of aryl methyl sites for hydroxylation is 1. The quantitative estimate of drug-likeness (QED) is 0.350. The highest BCUT2D eigenvalue weighted by Crippen LogP contribution is 2.35. The number of halogens is 1. The molecule has 6 heteroatoms. The van der Waals surface area contributed by atoms with Crippen molar-refractivity contribution in [3.05, 3.63) is 52.8 Å². The minimum Gasteiger partial charge on any atom is -0.444 e. The van der Waals surface area contributed by atoms with Gasteiger partial charge in [0.25, 0.3) is 6.47 Å². The van der Waals surface area contributed by atoms with E-state index in [1.807, 2.05) is 65.0 Å². The Balaban J connectivity index is 2.41. The van der Waals surface area contributed by atoms with Crippen LogP contribution in [-0.2, 0) is 14.3 Å². The van der Waals surface area contributed by atoms with Crippen LogP contribution in [0.2, 0.25) is 0 Å². The summed E-state index contributed by atoms with van der Waals surface area (Å²) in [5.41, 5.74) is 3.54. The Kier molecular flexibility index (Phi) is 7.47. The molecule has 0 spiro atoms. The summed E-state index contributed by atoms with van der Waals surface area (Å²) in [5.74, 6) is 0.571. The summed E-state index contributed by atoms with van der Waals surface area (Å²) >= 11 is 3.55. The third-order valence-electron chi connectivity index (χ3n) is 4.38. The van der Waals surface area contributed by atoms with Crippen molar-refractivity contribution in [3.63, 3.8) is 0 Å². The molecule has 1 heterocycles. The van der Waals surface area contributed by atoms with Gasteiger partial charge in [-0.1, -0.05) is 46.3 Å². The van der Waals surface area contributed by atoms with Crippen molar-refractivity contribution in [3.8, 4) is 0 Å². The van der Waals surface area contributed by atoms with Crippen LogP contribution in [0.4, 0.5) is 4.79 Å². The van der Waals surface area contributed by atoms with E-state index in [2.05, 4.69) is 15.9 Å². The van der Waals surface area contributed by atoms with Gasteiger partial charge in [-0.25, -0.2) is 4.79 Å². The highest BCUT2D eigenvalue weighted by atomic mass is 79.9. The van der Waals surface area contributed by atoms with Crippen molar-refractivity contribution >= 4 is 34.1 Å². The zero-order valence-electron chi connectivity index (χ0n) is 17.1. The molecule has 1 aliphatic rings. The molecule has 0 radical (unpaired) electrons. The molecule has 0 saturated heterocycles. The monoisotopic (exact) mass is 449 g/mol. The van der Waals surface area contributed by atoms with E-state index in [4.69, 9.17) is 9.47 Å². The summed E-state index contributed by atoms with van der Waals surface area (Å²) < 4.78 is 10.8. The van der Waals surface area contributed by atoms with Crippen LogP contribution in [0.3, 0.4) is 0 Å². The molecular formula is C22H28BrNO4. The Morgan fingerprint density at radius 2 is 1.96 bits per heavy atom. The van der Waals surface area contributed by atoms with Crippen LogP contribution < -0.4 is 0 Å². The Morgan fingerprint density at radius 3 is 2.46 bits per heavy atom. The zero-order chi connectivity index (χ0) is 20.9. The van der Waals surface area contributed by atoms with E-state index in [0.29, 0.717) is 31.7 Å². The predicted octanol–water partition coefficient (Wildman–Crippen LogP) is 5.23. The third kappa shape index (κ3) is 5.71. The number of carbonyl (C=O) groups excluding carboxylic acids is 2. The van der Waals surface area contributed by atoms with Gasteiger partial charge in [-0.2, -0.15) is 0 Å². The number of benzene rings is 1. The highest BCUT2D eigenvalue weighted by Gasteiger charge is 2.27. The maximum atomic E-state index is 12.3. The molecule has 0 aliphatic carbocycles. The van der Waals surface area contributed by atoms with Crippen molar-refractivity contribution in [1.29, 1.82) is 0 Å². The maximum Gasteiger partial charge on any atom is 0.410 e. The lowest BCUT2D eigenvalue weighted by Gasteiger charge is -2.31. The Bertz CT molecular complexity index is 790. The smallest absolute Gasteiger partial charge is 0.410 e. The lowest BCUT2D eigenvalue weighted by atomic mass is 9.89. The lowest BCUT2D eigenvalue weighted by Crippen LogP contribution is -2.39. The summed E-state index contributed by atoms with van der Waals surface area (Å²) in [6.07, 6.45) is 2.34. The molecule has 1 aromatic carbocycles. The van der Waals surface area contributed by atoms with E-state index in [-0.39, 0.29) is 10.9 Å². The molecule has 0 bridgehead atoms. The van der Waals surface area contributed by atoms with Crippen molar-refractivity contribution in [2.75, 3.05) is 13.1 Å². The largest absolute Gasteiger partial charge is 0.444 e. The Labute approximate surface area is 175 Å². The number of ether oxygens (including phenoxy) is 2. The van der Waals surface area contributed by atoms with Gasteiger partial charge >= 0.3 is 6.09 Å². The first kappa shape index (κ1) is 22.2. The van der Waals surface area contributed by atoms with Crippen LogP contribution in [-0.4, -0.2) is 41.0 Å². The molecule has 1 amide bonds. The van der Waals surface area contributed by atoms with Crippen LogP contribution >= 0.6 is 15.9 Å². The van der Waals surface area contributed by atoms with Gasteiger partial charge in [0.1, 0.15) is 11.4 Å². The second-order valence-electron chi connectivity index (χ2n) is 7.79. The van der Waals surface area contributed by atoms with Crippen molar-refractivity contribution in [2.24, 2.45) is 0 Å². The van der Waals surface area contributed by atoms with Gasteiger partial charge in [-0.15, -0.1) is 0 Å². The molecule has 5 nitrogen and oxygen atoms in total. The van der Waals surface area contributed by atoms with Crippen LogP contribution in [0.25, 0.3) is 5.57 Å². The topological polar surface area (TPSA) is 55.8 Å². The molecule has 2 rings (SSSR count). The van der Waals surface area contributed by atoms with E-state index in [1.54, 1.807) is 4.90 Å². The van der Waals surface area contributed by atoms with Crippen molar-refractivity contribution in [2.45, 2.75) is 51.5 Å². The molecular weight excluding hydrogens is 422 g/mol. The number of hydrogen-bond donors (Lipinski definition) is 0. The van der Waals surface area contributed by atoms with Crippen LogP contribution in [0.1, 0.15) is 45.2 Å². The molecule has 0 fully saturated rings. The minimum absolute atomic E-state index is 0.142. The van der Waals surface area contributed by atoms with Gasteiger partial charge in [0.05, 0.1) is 4.83 Å². The SMILES string of the molecule is Cc1ccccc1/C(C1=CCN(C(=O)OC(C)(C)C)CC1)=C(\OC=O)C(C)Br. The van der Waals surface area contributed by atoms with Gasteiger partial charge < -0.3 is 14.4 Å². The van der Waals surface area contributed by atoms with Gasteiger partial charge in [0, 0.05) is 18.7 Å². The molecule has 0 aromatic heterocycles. The second kappa shape index (κ2) is 9.41. The van der Waals surface area contributed by atoms with Gasteiger partial charge in [0.15, 0.2) is 0 Å². The summed E-state index contributed by atoms with van der Waals surface area (Å²) in [5, 5.41) is 0. The second-order valence-corrected chi connectivity index (χ2v) is 9.16. The van der Waals surface area contributed by atoms with Gasteiger partial charge in [-0.05, 0) is 57.7 Å². The van der Waals surface area contributed by atoms with Crippen molar-refractivity contribution in [1.82, 2.24) is 4.90 Å². The fourth-order valence-electron chi connectivity index (χ4n) is 3.11. The number of allylic oxidation sites excluding steroid dienone is 2. The fourth-order valence-corrected chi connectivity index (χ4v) is 3.45. The summed E-state index contributed by atoms with van der Waals surface area (Å²) in [6.45, 7) is 11.0. The minimum atomic E-state index is -0.524. The molecule has 1 aliphatic heterocycles. The molecule has 1 aromatic rings. The van der Waals surface area contributed by atoms with E-state index >= 15 is 0 Å². The average molecular weight is 450 g/mol. The Morgan fingerprint density at radius 1 is 1.29 bits per heavy atom. The van der Waals surface area contributed by atoms with E-state index in [1.165, 1.54) is 0 Å². The number of alkyl halides is 1. The van der Waals surface area contributed by atoms with Crippen LogP contribution in [0.15, 0.2) is 41.7 Å². The summed E-state index contributed by atoms with van der Waals surface area (Å²) in [7, 11) is 0. The number of nitrogens with zero attached hydrogens (tertiary/aromatic N) is 1. The third-order valence-corrected chi connectivity index (χ3v) is 4.79. The van der Waals surface area contributed by atoms with E-state index in [0.717, 1.165) is 22.3 Å². The number of carbonyl (C=O) groups is 2. The van der Waals surface area contributed by atoms with E-state index in [9.17, 15) is 9.59 Å². The molecule has 1 unspecified atom stereocenters. The van der Waals surface area contributed by atoms with Crippen LogP contribution in [0.5, 0.6) is 0 Å². The number of rotatable bonds is 5. The van der Waals surface area contributed by atoms with E-state index < -0.39 is 5.60 Å².